The molecule has 3 aromatic rings. The fraction of sp³-hybridized carbons (Fsp3) is 0.286. The Morgan fingerprint density at radius 1 is 0.868 bits per heavy atom. The first-order valence-electron chi connectivity index (χ1n) is 12.2. The summed E-state index contributed by atoms with van der Waals surface area (Å²) >= 11 is 0. The van der Waals surface area contributed by atoms with Crippen molar-refractivity contribution < 1.29 is 26.5 Å². The van der Waals surface area contributed by atoms with Crippen LogP contribution in [-0.2, 0) is 21.5 Å². The van der Waals surface area contributed by atoms with Crippen LogP contribution < -0.4 is 5.14 Å². The Morgan fingerprint density at radius 2 is 1.37 bits per heavy atom. The van der Waals surface area contributed by atoms with Crippen molar-refractivity contribution in [2.24, 2.45) is 5.14 Å². The third kappa shape index (κ3) is 11.1. The van der Waals surface area contributed by atoms with Gasteiger partial charge in [0.05, 0.1) is 6.61 Å². The van der Waals surface area contributed by atoms with E-state index in [1.54, 1.807) is 24.3 Å². The van der Waals surface area contributed by atoms with Crippen LogP contribution in [0.2, 0.25) is 0 Å². The van der Waals surface area contributed by atoms with Crippen molar-refractivity contribution in [3.63, 3.8) is 0 Å². The lowest BCUT2D eigenvalue weighted by Crippen LogP contribution is -2.45. The van der Waals surface area contributed by atoms with E-state index in [-0.39, 0.29) is 17.7 Å². The van der Waals surface area contributed by atoms with Gasteiger partial charge in [0.1, 0.15) is 17.7 Å². The lowest BCUT2D eigenvalue weighted by Gasteiger charge is -2.34. The average Bonchev–Trinajstić information content (AvgIpc) is 2.89. The Morgan fingerprint density at radius 3 is 1.87 bits per heavy atom. The van der Waals surface area contributed by atoms with Gasteiger partial charge in [-0.1, -0.05) is 60.7 Å². The summed E-state index contributed by atoms with van der Waals surface area (Å²) < 4.78 is 58.2. The second-order valence-electron chi connectivity index (χ2n) is 8.82. The van der Waals surface area contributed by atoms with Crippen LogP contribution in [0.15, 0.2) is 91.1 Å². The van der Waals surface area contributed by atoms with Gasteiger partial charge in [0, 0.05) is 32.7 Å². The van der Waals surface area contributed by atoms with Crippen molar-refractivity contribution in [2.45, 2.75) is 12.5 Å². The van der Waals surface area contributed by atoms with Gasteiger partial charge in [-0.05, 0) is 53.6 Å². The lowest BCUT2D eigenvalue weighted by atomic mass is 10.0. The molecule has 204 valence electrons. The van der Waals surface area contributed by atoms with Crippen LogP contribution in [0.4, 0.5) is 8.78 Å². The summed E-state index contributed by atoms with van der Waals surface area (Å²) in [5.41, 5.74) is 3.04. The number of allylic oxidation sites excluding steroid dienone is 1. The molecule has 1 saturated heterocycles. The third-order valence-corrected chi connectivity index (χ3v) is 5.96. The minimum absolute atomic E-state index is 0.285. The Hall–Kier alpha value is -3.15. The van der Waals surface area contributed by atoms with Crippen molar-refractivity contribution in [3.05, 3.63) is 119 Å². The Kier molecular flexibility index (Phi) is 11.4. The van der Waals surface area contributed by atoms with Gasteiger partial charge in [-0.2, -0.15) is 8.42 Å². The minimum atomic E-state index is -4.17. The van der Waals surface area contributed by atoms with Crippen molar-refractivity contribution in [1.82, 2.24) is 9.80 Å². The third-order valence-electron chi connectivity index (χ3n) is 5.96. The van der Waals surface area contributed by atoms with Gasteiger partial charge in [0.25, 0.3) is 0 Å². The molecule has 10 heteroatoms. The largest absolute Gasteiger partial charge is 0.375 e. The van der Waals surface area contributed by atoms with Crippen molar-refractivity contribution in [3.8, 4) is 0 Å². The van der Waals surface area contributed by atoms with Gasteiger partial charge >= 0.3 is 10.3 Å². The van der Waals surface area contributed by atoms with Crippen LogP contribution in [0.25, 0.3) is 0 Å². The van der Waals surface area contributed by atoms with E-state index >= 15 is 0 Å². The SMILES string of the molecule is Fc1ccc(C(OCCN2CCN(/C=C/Cc3ccccc3)CC2)c2ccc(F)cc2)cc1.NS(=O)(=O)O. The number of hydrogen-bond donors (Lipinski definition) is 2. The maximum atomic E-state index is 13.4. The van der Waals surface area contributed by atoms with E-state index in [1.165, 1.54) is 29.8 Å². The Bertz CT molecular complexity index is 1180. The first kappa shape index (κ1) is 29.4. The van der Waals surface area contributed by atoms with Gasteiger partial charge in [-0.15, -0.1) is 0 Å². The summed E-state index contributed by atoms with van der Waals surface area (Å²) in [5, 5.41) is 3.88. The Labute approximate surface area is 223 Å². The summed E-state index contributed by atoms with van der Waals surface area (Å²) in [7, 11) is -4.17. The van der Waals surface area contributed by atoms with Crippen molar-refractivity contribution >= 4 is 10.3 Å². The molecular weight excluding hydrogens is 512 g/mol. The number of piperazine rings is 1. The smallest absolute Gasteiger partial charge is 0.330 e. The normalized spacial score (nSPS) is 14.5. The van der Waals surface area contributed by atoms with E-state index in [2.05, 4.69) is 51.5 Å². The topological polar surface area (TPSA) is 96.1 Å². The molecule has 0 amide bonds. The quantitative estimate of drug-likeness (QED) is 0.392. The number of nitrogens with zero attached hydrogens (tertiary/aromatic N) is 2. The number of benzene rings is 3. The zero-order valence-corrected chi connectivity index (χ0v) is 21.8. The molecule has 38 heavy (non-hydrogen) atoms. The van der Waals surface area contributed by atoms with Crippen LogP contribution >= 0.6 is 0 Å². The zero-order chi connectivity index (χ0) is 27.4. The molecular formula is C28H33F2N3O4S. The maximum absolute atomic E-state index is 13.4. The van der Waals surface area contributed by atoms with E-state index in [0.717, 1.165) is 50.3 Å². The molecule has 0 saturated carbocycles. The maximum Gasteiger partial charge on any atom is 0.330 e. The molecule has 7 nitrogen and oxygen atoms in total. The predicted octanol–water partition coefficient (Wildman–Crippen LogP) is 4.19. The van der Waals surface area contributed by atoms with E-state index in [4.69, 9.17) is 17.7 Å². The van der Waals surface area contributed by atoms with Gasteiger partial charge in [-0.3, -0.25) is 9.45 Å². The molecule has 3 aromatic carbocycles. The van der Waals surface area contributed by atoms with E-state index in [9.17, 15) is 8.78 Å². The molecule has 0 unspecified atom stereocenters. The van der Waals surface area contributed by atoms with Crippen LogP contribution in [0.5, 0.6) is 0 Å². The van der Waals surface area contributed by atoms with Gasteiger partial charge in [0.2, 0.25) is 0 Å². The summed E-state index contributed by atoms with van der Waals surface area (Å²) in [4.78, 5) is 4.76. The molecule has 1 fully saturated rings. The lowest BCUT2D eigenvalue weighted by molar-refractivity contribution is 0.0502. The number of hydrogen-bond acceptors (Lipinski definition) is 5. The first-order valence-corrected chi connectivity index (χ1v) is 13.7. The molecule has 3 N–H and O–H groups in total. The zero-order valence-electron chi connectivity index (χ0n) is 21.0. The summed E-state index contributed by atoms with van der Waals surface area (Å²) in [6.07, 6.45) is 5.03. The molecule has 1 aliphatic heterocycles. The average molecular weight is 546 g/mol. The van der Waals surface area contributed by atoms with Crippen molar-refractivity contribution in [1.29, 1.82) is 0 Å². The van der Waals surface area contributed by atoms with Gasteiger partial charge in [-0.25, -0.2) is 13.9 Å². The highest BCUT2D eigenvalue weighted by molar-refractivity contribution is 7.83. The molecule has 0 atom stereocenters. The minimum Gasteiger partial charge on any atom is -0.375 e. The van der Waals surface area contributed by atoms with Crippen LogP contribution in [0, 0.1) is 11.6 Å². The van der Waals surface area contributed by atoms with Crippen LogP contribution in [0.1, 0.15) is 22.8 Å². The monoisotopic (exact) mass is 545 g/mol. The van der Waals surface area contributed by atoms with E-state index < -0.39 is 10.3 Å². The fourth-order valence-electron chi connectivity index (χ4n) is 4.05. The highest BCUT2D eigenvalue weighted by Crippen LogP contribution is 2.26. The first-order chi connectivity index (χ1) is 18.2. The number of ether oxygens (including phenoxy) is 1. The van der Waals surface area contributed by atoms with E-state index in [0.29, 0.717) is 6.61 Å². The molecule has 0 bridgehead atoms. The Balaban J connectivity index is 0.000000732. The molecule has 4 rings (SSSR count). The summed E-state index contributed by atoms with van der Waals surface area (Å²) in [5.74, 6) is -0.570. The van der Waals surface area contributed by atoms with Gasteiger partial charge in [0.15, 0.2) is 0 Å². The molecule has 1 heterocycles. The molecule has 0 spiro atoms. The van der Waals surface area contributed by atoms with E-state index in [1.807, 2.05) is 6.07 Å². The summed E-state index contributed by atoms with van der Waals surface area (Å²) in [6, 6.07) is 23.1. The van der Waals surface area contributed by atoms with Crippen molar-refractivity contribution in [2.75, 3.05) is 39.3 Å². The fourth-order valence-corrected chi connectivity index (χ4v) is 4.05. The molecule has 0 radical (unpaired) electrons. The highest BCUT2D eigenvalue weighted by atomic mass is 32.2. The number of nitrogens with two attached hydrogens (primary N) is 1. The summed E-state index contributed by atoms with van der Waals surface area (Å²) in [6.45, 7) is 5.31. The number of rotatable bonds is 9. The molecule has 1 aliphatic rings. The molecule has 0 aliphatic carbocycles. The standard InChI is InChI=1S/C28H30F2N2O.H3NO3S/c29-26-12-8-24(9-13-26)28(25-10-14-27(30)15-11-25)33-22-21-32-19-17-31(18-20-32)16-4-7-23-5-2-1-3-6-23;1-5(2,3)4/h1-6,8-16,28H,7,17-22H2;(H3,1,2,3,4)/b16-4+;. The van der Waals surface area contributed by atoms with Crippen LogP contribution in [0.3, 0.4) is 0 Å². The molecule has 0 aromatic heterocycles. The second-order valence-corrected chi connectivity index (χ2v) is 9.85. The van der Waals surface area contributed by atoms with Gasteiger partial charge < -0.3 is 9.64 Å². The second kappa shape index (κ2) is 14.7. The predicted molar refractivity (Wildman–Crippen MR) is 144 cm³/mol. The highest BCUT2D eigenvalue weighted by Gasteiger charge is 2.18. The number of halogens is 2. The van der Waals surface area contributed by atoms with Crippen LogP contribution in [-0.4, -0.2) is 62.1 Å².